The molecule has 1 unspecified atom stereocenters. The number of ketones is 2. The molecule has 100 valence electrons. The van der Waals surface area contributed by atoms with Gasteiger partial charge in [0.2, 0.25) is 6.79 Å². The first-order chi connectivity index (χ1) is 9.15. The van der Waals surface area contributed by atoms with Crippen LogP contribution in [0, 0.1) is 5.92 Å². The van der Waals surface area contributed by atoms with Crippen molar-refractivity contribution >= 4 is 27.5 Å². The van der Waals surface area contributed by atoms with Gasteiger partial charge in [-0.15, -0.1) is 0 Å². The molecule has 1 aromatic carbocycles. The zero-order valence-corrected chi connectivity index (χ0v) is 11.9. The zero-order chi connectivity index (χ0) is 13.4. The second-order valence-electron chi connectivity index (χ2n) is 4.89. The van der Waals surface area contributed by atoms with E-state index in [1.54, 1.807) is 12.1 Å². The van der Waals surface area contributed by atoms with Crippen molar-refractivity contribution in [2.24, 2.45) is 5.92 Å². The Balaban J connectivity index is 1.87. The van der Waals surface area contributed by atoms with Gasteiger partial charge in [-0.2, -0.15) is 0 Å². The van der Waals surface area contributed by atoms with Gasteiger partial charge in [0.15, 0.2) is 17.3 Å². The number of ether oxygens (including phenoxy) is 2. The highest BCUT2D eigenvalue weighted by atomic mass is 79.9. The Kier molecular flexibility index (Phi) is 3.31. The largest absolute Gasteiger partial charge is 0.454 e. The maximum atomic E-state index is 12.4. The maximum Gasteiger partial charge on any atom is 0.231 e. The number of hydrogen-bond acceptors (Lipinski definition) is 4. The Labute approximate surface area is 119 Å². The van der Waals surface area contributed by atoms with Gasteiger partial charge in [-0.25, -0.2) is 0 Å². The number of fused-ring (bicyclic) bond motifs is 1. The maximum absolute atomic E-state index is 12.4. The Morgan fingerprint density at radius 1 is 1.32 bits per heavy atom. The SMILES string of the molecule is O=C1CCCC(C(=O)c2cc(Br)c3c(c2)OCO3)C1. The molecule has 0 amide bonds. The number of carbonyl (C=O) groups excluding carboxylic acids is 2. The van der Waals surface area contributed by atoms with Gasteiger partial charge in [-0.3, -0.25) is 9.59 Å². The van der Waals surface area contributed by atoms with E-state index in [9.17, 15) is 9.59 Å². The van der Waals surface area contributed by atoms with Crippen LogP contribution < -0.4 is 9.47 Å². The number of Topliss-reactive ketones (excluding diaryl/α,β-unsaturated/α-hetero) is 2. The van der Waals surface area contributed by atoms with Crippen molar-refractivity contribution in [1.29, 1.82) is 0 Å². The van der Waals surface area contributed by atoms with Crippen LogP contribution in [-0.4, -0.2) is 18.4 Å². The fourth-order valence-electron chi connectivity index (χ4n) is 2.59. The van der Waals surface area contributed by atoms with Gasteiger partial charge in [-0.05, 0) is 40.9 Å². The van der Waals surface area contributed by atoms with E-state index >= 15 is 0 Å². The van der Waals surface area contributed by atoms with Crippen LogP contribution in [0.15, 0.2) is 16.6 Å². The third-order valence-corrected chi connectivity index (χ3v) is 4.15. The second-order valence-corrected chi connectivity index (χ2v) is 5.74. The van der Waals surface area contributed by atoms with E-state index in [-0.39, 0.29) is 24.3 Å². The summed E-state index contributed by atoms with van der Waals surface area (Å²) in [6.07, 6.45) is 2.57. The molecule has 5 heteroatoms. The van der Waals surface area contributed by atoms with Gasteiger partial charge in [0.05, 0.1) is 4.47 Å². The predicted molar refractivity (Wildman–Crippen MR) is 71.6 cm³/mol. The van der Waals surface area contributed by atoms with Gasteiger partial charge in [0.1, 0.15) is 5.78 Å². The van der Waals surface area contributed by atoms with Crippen molar-refractivity contribution in [2.75, 3.05) is 6.79 Å². The fourth-order valence-corrected chi connectivity index (χ4v) is 3.15. The second kappa shape index (κ2) is 4.96. The van der Waals surface area contributed by atoms with E-state index in [2.05, 4.69) is 15.9 Å². The minimum absolute atomic E-state index is 0.0204. The van der Waals surface area contributed by atoms with E-state index in [0.717, 1.165) is 12.8 Å². The van der Waals surface area contributed by atoms with Crippen LogP contribution in [0.3, 0.4) is 0 Å². The first-order valence-corrected chi connectivity index (χ1v) is 7.09. The third-order valence-electron chi connectivity index (χ3n) is 3.56. The highest BCUT2D eigenvalue weighted by molar-refractivity contribution is 9.10. The zero-order valence-electron chi connectivity index (χ0n) is 10.3. The van der Waals surface area contributed by atoms with E-state index < -0.39 is 0 Å². The van der Waals surface area contributed by atoms with Gasteiger partial charge < -0.3 is 9.47 Å². The highest BCUT2D eigenvalue weighted by Gasteiger charge is 2.28. The first kappa shape index (κ1) is 12.7. The van der Waals surface area contributed by atoms with Gasteiger partial charge in [0.25, 0.3) is 0 Å². The summed E-state index contributed by atoms with van der Waals surface area (Å²) in [6.45, 7) is 0.174. The van der Waals surface area contributed by atoms with E-state index in [4.69, 9.17) is 9.47 Å². The summed E-state index contributed by atoms with van der Waals surface area (Å²) in [5, 5.41) is 0. The van der Waals surface area contributed by atoms with Crippen LogP contribution in [-0.2, 0) is 4.79 Å². The van der Waals surface area contributed by atoms with Crippen molar-refractivity contribution in [2.45, 2.75) is 25.7 Å². The molecule has 1 fully saturated rings. The lowest BCUT2D eigenvalue weighted by molar-refractivity contribution is -0.121. The standard InChI is InChI=1S/C14H13BrO4/c15-11-5-9(6-12-14(11)19-7-18-12)13(17)8-2-1-3-10(16)4-8/h5-6,8H,1-4,7H2. The molecule has 1 heterocycles. The van der Waals surface area contributed by atoms with Crippen molar-refractivity contribution in [1.82, 2.24) is 0 Å². The number of benzene rings is 1. The summed E-state index contributed by atoms with van der Waals surface area (Å²) in [5.41, 5.74) is 0.579. The Morgan fingerprint density at radius 2 is 2.16 bits per heavy atom. The smallest absolute Gasteiger partial charge is 0.231 e. The summed E-state index contributed by atoms with van der Waals surface area (Å²) in [5.74, 6) is 1.24. The summed E-state index contributed by atoms with van der Waals surface area (Å²) < 4.78 is 11.3. The Hall–Kier alpha value is -1.36. The van der Waals surface area contributed by atoms with Gasteiger partial charge in [-0.1, -0.05) is 0 Å². The molecular formula is C14H13BrO4. The average Bonchev–Trinajstić information content (AvgIpc) is 2.86. The van der Waals surface area contributed by atoms with Crippen LogP contribution in [0.4, 0.5) is 0 Å². The third kappa shape index (κ3) is 2.39. The molecule has 1 aromatic rings. The van der Waals surface area contributed by atoms with Crippen LogP contribution in [0.25, 0.3) is 0 Å². The van der Waals surface area contributed by atoms with Crippen LogP contribution in [0.2, 0.25) is 0 Å². The van der Waals surface area contributed by atoms with Gasteiger partial charge >= 0.3 is 0 Å². The van der Waals surface area contributed by atoms with Crippen molar-refractivity contribution in [3.05, 3.63) is 22.2 Å². The monoisotopic (exact) mass is 324 g/mol. The minimum atomic E-state index is -0.187. The minimum Gasteiger partial charge on any atom is -0.454 e. The molecule has 4 nitrogen and oxygen atoms in total. The van der Waals surface area contributed by atoms with Crippen molar-refractivity contribution in [3.8, 4) is 11.5 Å². The highest BCUT2D eigenvalue weighted by Crippen LogP contribution is 2.40. The number of halogens is 1. The molecule has 0 radical (unpaired) electrons. The first-order valence-electron chi connectivity index (χ1n) is 6.30. The average molecular weight is 325 g/mol. The Bertz CT molecular complexity index is 553. The number of rotatable bonds is 2. The molecule has 0 aromatic heterocycles. The molecule has 0 saturated heterocycles. The molecular weight excluding hydrogens is 312 g/mol. The van der Waals surface area contributed by atoms with E-state index in [1.165, 1.54) is 0 Å². The molecule has 3 rings (SSSR count). The molecule has 0 bridgehead atoms. The molecule has 2 aliphatic rings. The molecule has 1 aliphatic carbocycles. The summed E-state index contributed by atoms with van der Waals surface area (Å²) in [4.78, 5) is 23.9. The Morgan fingerprint density at radius 3 is 2.95 bits per heavy atom. The number of carbonyl (C=O) groups is 2. The van der Waals surface area contributed by atoms with Crippen molar-refractivity contribution in [3.63, 3.8) is 0 Å². The van der Waals surface area contributed by atoms with Crippen LogP contribution in [0.5, 0.6) is 11.5 Å². The molecule has 1 saturated carbocycles. The summed E-state index contributed by atoms with van der Waals surface area (Å²) in [6, 6.07) is 3.45. The predicted octanol–water partition coefficient (Wildman–Crippen LogP) is 3.12. The lowest BCUT2D eigenvalue weighted by atomic mass is 9.83. The molecule has 1 aliphatic heterocycles. The normalized spacial score (nSPS) is 21.5. The molecule has 0 N–H and O–H groups in total. The number of hydrogen-bond donors (Lipinski definition) is 0. The topological polar surface area (TPSA) is 52.6 Å². The van der Waals surface area contributed by atoms with Crippen LogP contribution in [0.1, 0.15) is 36.0 Å². The lowest BCUT2D eigenvalue weighted by Gasteiger charge is -2.19. The summed E-state index contributed by atoms with van der Waals surface area (Å²) in [7, 11) is 0. The lowest BCUT2D eigenvalue weighted by Crippen LogP contribution is -2.23. The van der Waals surface area contributed by atoms with Gasteiger partial charge in [0, 0.05) is 24.3 Å². The van der Waals surface area contributed by atoms with Crippen molar-refractivity contribution < 1.29 is 19.1 Å². The fraction of sp³-hybridized carbons (Fsp3) is 0.429. The van der Waals surface area contributed by atoms with E-state index in [0.29, 0.717) is 34.4 Å². The molecule has 19 heavy (non-hydrogen) atoms. The molecule has 0 spiro atoms. The van der Waals surface area contributed by atoms with E-state index in [1.807, 2.05) is 0 Å². The summed E-state index contributed by atoms with van der Waals surface area (Å²) >= 11 is 3.38. The quantitative estimate of drug-likeness (QED) is 0.784. The molecule has 1 atom stereocenters. The van der Waals surface area contributed by atoms with Crippen LogP contribution >= 0.6 is 15.9 Å².